The Kier molecular flexibility index (Phi) is 4.49. The van der Waals surface area contributed by atoms with Crippen LogP contribution in [0.4, 0.5) is 0 Å². The van der Waals surface area contributed by atoms with E-state index >= 15 is 0 Å². The van der Waals surface area contributed by atoms with Gasteiger partial charge in [-0.3, -0.25) is 0 Å². The van der Waals surface area contributed by atoms with E-state index in [2.05, 4.69) is 48.1 Å². The first-order chi connectivity index (χ1) is 9.54. The fourth-order valence-corrected chi connectivity index (χ4v) is 2.61. The number of aromatic nitrogens is 4. The third-order valence-corrected chi connectivity index (χ3v) is 3.55. The summed E-state index contributed by atoms with van der Waals surface area (Å²) in [6.45, 7) is 12.4. The second-order valence-corrected chi connectivity index (χ2v) is 5.22. The Bertz CT molecular complexity index is 588. The lowest BCUT2D eigenvalue weighted by Crippen LogP contribution is -2.20. The van der Waals surface area contributed by atoms with Crippen LogP contribution in [0.5, 0.6) is 0 Å². The first kappa shape index (κ1) is 14.7. The van der Waals surface area contributed by atoms with Crippen molar-refractivity contribution in [3.8, 4) is 5.82 Å². The number of hydrogen-bond acceptors (Lipinski definition) is 4. The second-order valence-electron chi connectivity index (χ2n) is 5.22. The van der Waals surface area contributed by atoms with Gasteiger partial charge in [-0.15, -0.1) is 0 Å². The van der Waals surface area contributed by atoms with Crippen LogP contribution in [0.25, 0.3) is 5.82 Å². The van der Waals surface area contributed by atoms with Crippen molar-refractivity contribution in [3.05, 3.63) is 35.0 Å². The molecule has 0 saturated heterocycles. The van der Waals surface area contributed by atoms with Crippen LogP contribution >= 0.6 is 0 Å². The Morgan fingerprint density at radius 1 is 1.25 bits per heavy atom. The first-order valence-electron chi connectivity index (χ1n) is 7.10. The molecule has 1 atom stereocenters. The smallest absolute Gasteiger partial charge is 0.157 e. The van der Waals surface area contributed by atoms with Gasteiger partial charge in [0.25, 0.3) is 0 Å². The van der Waals surface area contributed by atoms with Crippen molar-refractivity contribution in [2.45, 2.75) is 40.5 Å². The van der Waals surface area contributed by atoms with Gasteiger partial charge in [-0.25, -0.2) is 14.6 Å². The Morgan fingerprint density at radius 2 is 2.00 bits per heavy atom. The van der Waals surface area contributed by atoms with Gasteiger partial charge in [0.05, 0.1) is 5.69 Å². The summed E-state index contributed by atoms with van der Waals surface area (Å²) in [5, 5.41) is 8.05. The molecule has 0 aliphatic rings. The molecule has 2 aromatic heterocycles. The van der Waals surface area contributed by atoms with Crippen LogP contribution < -0.4 is 5.32 Å². The van der Waals surface area contributed by atoms with Crippen LogP contribution in [0.1, 0.15) is 42.4 Å². The number of likely N-dealkylation sites (N-methyl/N-ethyl adjacent to an activating group) is 1. The lowest BCUT2D eigenvalue weighted by Gasteiger charge is -2.13. The molecule has 5 heteroatoms. The minimum Gasteiger partial charge on any atom is -0.316 e. The van der Waals surface area contributed by atoms with Gasteiger partial charge in [-0.1, -0.05) is 13.8 Å². The molecule has 0 saturated carbocycles. The number of hydrogen-bond donors (Lipinski definition) is 1. The maximum Gasteiger partial charge on any atom is 0.157 e. The van der Waals surface area contributed by atoms with E-state index in [0.29, 0.717) is 5.92 Å². The summed E-state index contributed by atoms with van der Waals surface area (Å²) in [4.78, 5) is 8.46. The zero-order valence-electron chi connectivity index (χ0n) is 12.9. The summed E-state index contributed by atoms with van der Waals surface area (Å²) in [6.07, 6.45) is 1.59. The van der Waals surface area contributed by atoms with E-state index in [4.69, 9.17) is 0 Å². The quantitative estimate of drug-likeness (QED) is 0.908. The molecule has 2 rings (SSSR count). The molecule has 2 aromatic rings. The third kappa shape index (κ3) is 2.88. The van der Waals surface area contributed by atoms with Crippen LogP contribution in [-0.2, 0) is 0 Å². The topological polar surface area (TPSA) is 55.6 Å². The lowest BCUT2D eigenvalue weighted by molar-refractivity contribution is 0.630. The van der Waals surface area contributed by atoms with E-state index in [9.17, 15) is 0 Å². The number of aryl methyl sites for hydroxylation is 2. The van der Waals surface area contributed by atoms with Gasteiger partial charge in [0.2, 0.25) is 0 Å². The number of rotatable bonds is 5. The van der Waals surface area contributed by atoms with Gasteiger partial charge in [0.15, 0.2) is 5.82 Å². The monoisotopic (exact) mass is 273 g/mol. The molecule has 0 aliphatic carbocycles. The van der Waals surface area contributed by atoms with E-state index in [1.54, 1.807) is 6.33 Å². The van der Waals surface area contributed by atoms with Crippen molar-refractivity contribution in [3.63, 3.8) is 0 Å². The zero-order chi connectivity index (χ0) is 14.7. The molecule has 2 heterocycles. The molecule has 0 aromatic carbocycles. The van der Waals surface area contributed by atoms with Gasteiger partial charge in [0.1, 0.15) is 6.33 Å². The van der Waals surface area contributed by atoms with Gasteiger partial charge >= 0.3 is 0 Å². The SMILES string of the molecule is CCNCC(C)c1c(C)nn(-c2cc(C)ncn2)c1C. The predicted octanol–water partition coefficient (Wildman–Crippen LogP) is 2.30. The van der Waals surface area contributed by atoms with Gasteiger partial charge < -0.3 is 5.32 Å². The molecule has 5 nitrogen and oxygen atoms in total. The molecule has 0 bridgehead atoms. The average molecular weight is 273 g/mol. The molecule has 0 aliphatic heterocycles. The fraction of sp³-hybridized carbons (Fsp3) is 0.533. The molecule has 0 radical (unpaired) electrons. The number of nitrogens with one attached hydrogen (secondary N) is 1. The molecule has 1 unspecified atom stereocenters. The normalized spacial score (nSPS) is 12.7. The van der Waals surface area contributed by atoms with E-state index in [1.165, 1.54) is 5.56 Å². The minimum absolute atomic E-state index is 0.437. The molecule has 1 N–H and O–H groups in total. The molecule has 108 valence electrons. The van der Waals surface area contributed by atoms with Gasteiger partial charge in [-0.2, -0.15) is 5.10 Å². The summed E-state index contributed by atoms with van der Waals surface area (Å²) in [5.41, 5.74) is 4.49. The molecule has 0 amide bonds. The van der Waals surface area contributed by atoms with Gasteiger partial charge in [0, 0.05) is 29.6 Å². The van der Waals surface area contributed by atoms with Crippen molar-refractivity contribution >= 4 is 0 Å². The molecule has 0 spiro atoms. The molecule has 20 heavy (non-hydrogen) atoms. The maximum atomic E-state index is 4.65. The highest BCUT2D eigenvalue weighted by molar-refractivity contribution is 5.35. The minimum atomic E-state index is 0.437. The summed E-state index contributed by atoms with van der Waals surface area (Å²) >= 11 is 0. The summed E-state index contributed by atoms with van der Waals surface area (Å²) in [5.74, 6) is 1.27. The van der Waals surface area contributed by atoms with Crippen LogP contribution in [-0.4, -0.2) is 32.8 Å². The van der Waals surface area contributed by atoms with Crippen molar-refractivity contribution in [2.24, 2.45) is 0 Å². The second kappa shape index (κ2) is 6.13. The van der Waals surface area contributed by atoms with Gasteiger partial charge in [-0.05, 0) is 33.2 Å². The fourth-order valence-electron chi connectivity index (χ4n) is 2.61. The van der Waals surface area contributed by atoms with Crippen molar-refractivity contribution in [1.29, 1.82) is 0 Å². The van der Waals surface area contributed by atoms with E-state index < -0.39 is 0 Å². The number of nitrogens with zero attached hydrogens (tertiary/aromatic N) is 4. The molecule has 0 fully saturated rings. The molecular weight excluding hydrogens is 250 g/mol. The van der Waals surface area contributed by atoms with E-state index in [0.717, 1.165) is 36.0 Å². The standard InChI is InChI=1S/C15H23N5/c1-6-16-8-10(2)15-12(4)19-20(13(15)5)14-7-11(3)17-9-18-14/h7,9-10,16H,6,8H2,1-5H3. The third-order valence-electron chi connectivity index (χ3n) is 3.55. The average Bonchev–Trinajstić information content (AvgIpc) is 2.71. The van der Waals surface area contributed by atoms with Crippen molar-refractivity contribution < 1.29 is 0 Å². The molecular formula is C15H23N5. The Morgan fingerprint density at radius 3 is 2.65 bits per heavy atom. The first-order valence-corrected chi connectivity index (χ1v) is 7.10. The summed E-state index contributed by atoms with van der Waals surface area (Å²) in [7, 11) is 0. The van der Waals surface area contributed by atoms with Crippen LogP contribution in [0.3, 0.4) is 0 Å². The van der Waals surface area contributed by atoms with Crippen LogP contribution in [0.15, 0.2) is 12.4 Å². The summed E-state index contributed by atoms with van der Waals surface area (Å²) in [6, 6.07) is 1.96. The maximum absolute atomic E-state index is 4.65. The Labute approximate surface area is 120 Å². The van der Waals surface area contributed by atoms with Crippen molar-refractivity contribution in [1.82, 2.24) is 25.1 Å². The highest BCUT2D eigenvalue weighted by Gasteiger charge is 2.18. The predicted molar refractivity (Wildman–Crippen MR) is 80.3 cm³/mol. The Balaban J connectivity index is 2.38. The Hall–Kier alpha value is -1.75. The van der Waals surface area contributed by atoms with Crippen molar-refractivity contribution in [2.75, 3.05) is 13.1 Å². The highest BCUT2D eigenvalue weighted by atomic mass is 15.3. The van der Waals surface area contributed by atoms with E-state index in [1.807, 2.05) is 17.7 Å². The van der Waals surface area contributed by atoms with Crippen LogP contribution in [0.2, 0.25) is 0 Å². The van der Waals surface area contributed by atoms with E-state index in [-0.39, 0.29) is 0 Å². The van der Waals surface area contributed by atoms with Crippen LogP contribution in [0, 0.1) is 20.8 Å². The zero-order valence-corrected chi connectivity index (χ0v) is 12.9. The highest BCUT2D eigenvalue weighted by Crippen LogP contribution is 2.24. The summed E-state index contributed by atoms with van der Waals surface area (Å²) < 4.78 is 1.92. The largest absolute Gasteiger partial charge is 0.316 e. The lowest BCUT2D eigenvalue weighted by atomic mass is 9.99.